The second-order valence-corrected chi connectivity index (χ2v) is 20.6. The van der Waals surface area contributed by atoms with Gasteiger partial charge in [-0.15, -0.1) is 0 Å². The van der Waals surface area contributed by atoms with E-state index in [9.17, 15) is 41.1 Å². The van der Waals surface area contributed by atoms with Crippen molar-refractivity contribution in [3.63, 3.8) is 0 Å². The predicted molar refractivity (Wildman–Crippen MR) is 215 cm³/mol. The van der Waals surface area contributed by atoms with Gasteiger partial charge in [-0.1, -0.05) is 45.8 Å². The molecule has 5 aliphatic rings. The van der Waals surface area contributed by atoms with Crippen LogP contribution in [0.25, 0.3) is 10.9 Å². The molecule has 0 radical (unpaired) electrons. The van der Waals surface area contributed by atoms with Crippen molar-refractivity contribution in [1.82, 2.24) is 24.8 Å². The van der Waals surface area contributed by atoms with Gasteiger partial charge in [0.15, 0.2) is 11.4 Å². The third kappa shape index (κ3) is 8.60. The van der Waals surface area contributed by atoms with Crippen molar-refractivity contribution in [2.24, 2.45) is 11.3 Å². The highest BCUT2D eigenvalue weighted by molar-refractivity contribution is 7.91. The van der Waals surface area contributed by atoms with Crippen LogP contribution in [0.2, 0.25) is 0 Å². The van der Waals surface area contributed by atoms with Crippen LogP contribution < -0.4 is 19.5 Å². The molecule has 1 spiro atoms. The van der Waals surface area contributed by atoms with Crippen LogP contribution in [0, 0.1) is 11.3 Å². The number of nitrogens with zero attached hydrogens (tertiary/aromatic N) is 3. The van der Waals surface area contributed by atoms with Gasteiger partial charge in [-0.05, 0) is 75.0 Å². The number of amides is 4. The van der Waals surface area contributed by atoms with Gasteiger partial charge in [0.05, 0.1) is 25.8 Å². The number of rotatable bonds is 8. The smallest absolute Gasteiger partial charge is 0.437 e. The standard InChI is InChI=1S/C42H54F3N5O10S/c1-38(2,3)22-50(37(54)55)30-12-10-8-6-7-9-11-25-20-41(25,36(53)48-61(56,57)40(17-18-40)24-58-4)47-34(51)31-21-39(23-49(31)35(30)52)16-15-27-28-19-26(59-5)13-14-29(28)46-33(32(27)60-39)42(43,44)45/h9,11,13-14,19,25,30-31H,6-8,10,12,15-18,20-24H2,1-5H3,(H,47,51)(H,48,53)(H,54,55)/b11-9-/t25-,30+,31+,39-,41-/m1/s1. The number of benzene rings is 1. The molecule has 1 saturated heterocycles. The molecule has 7 rings (SSSR count). The first-order valence-electron chi connectivity index (χ1n) is 20.7. The Morgan fingerprint density at radius 1 is 1.10 bits per heavy atom. The fourth-order valence-corrected chi connectivity index (χ4v) is 10.8. The van der Waals surface area contributed by atoms with E-state index in [0.717, 1.165) is 4.90 Å². The van der Waals surface area contributed by atoms with E-state index in [4.69, 9.17) is 14.2 Å². The SMILES string of the molecule is COCC1(S(=O)(=O)NC(=O)[C@@]23C[C@H]2/C=C\CCCCC[C@H](N(CC(C)(C)C)C(=O)O)C(=O)N2C[C@@]4(CCc5c(c(C(F)(F)F)nc6ccc(OC)cc56)O4)C[C@H]2C(=O)N3)CC1. The summed E-state index contributed by atoms with van der Waals surface area (Å²) < 4.78 is 89.4. The normalized spacial score (nSPS) is 28.3. The third-order valence-electron chi connectivity index (χ3n) is 12.7. The molecule has 15 nitrogen and oxygen atoms in total. The summed E-state index contributed by atoms with van der Waals surface area (Å²) in [5.74, 6) is -3.31. The Morgan fingerprint density at radius 3 is 2.48 bits per heavy atom. The Hall–Kier alpha value is -4.65. The molecule has 4 heterocycles. The number of hydrogen-bond acceptors (Lipinski definition) is 10. The average Bonchev–Trinajstić information content (AvgIpc) is 4.09. The Morgan fingerprint density at radius 2 is 1.84 bits per heavy atom. The third-order valence-corrected chi connectivity index (χ3v) is 14.8. The van der Waals surface area contributed by atoms with Gasteiger partial charge in [-0.25, -0.2) is 18.2 Å². The van der Waals surface area contributed by atoms with Gasteiger partial charge in [0.2, 0.25) is 21.8 Å². The molecule has 2 aromatic rings. The van der Waals surface area contributed by atoms with Gasteiger partial charge in [-0.2, -0.15) is 13.2 Å². The number of pyridine rings is 1. The van der Waals surface area contributed by atoms with Crippen LogP contribution in [-0.4, -0.2) is 114 Å². The van der Waals surface area contributed by atoms with E-state index in [0.29, 0.717) is 36.8 Å². The number of ether oxygens (including phenoxy) is 3. The number of hydrogen-bond donors (Lipinski definition) is 3. The Labute approximate surface area is 352 Å². The lowest BCUT2D eigenvalue weighted by Crippen LogP contribution is -2.59. The van der Waals surface area contributed by atoms with Gasteiger partial charge in [0, 0.05) is 36.9 Å². The zero-order chi connectivity index (χ0) is 44.3. The number of carbonyl (C=O) groups is 4. The molecule has 3 aliphatic heterocycles. The summed E-state index contributed by atoms with van der Waals surface area (Å²) in [7, 11) is -1.47. The number of methoxy groups -OCH3 is 2. The molecule has 2 aliphatic carbocycles. The monoisotopic (exact) mass is 877 g/mol. The van der Waals surface area contributed by atoms with E-state index >= 15 is 4.79 Å². The summed E-state index contributed by atoms with van der Waals surface area (Å²) >= 11 is 0. The topological polar surface area (TPSA) is 194 Å². The highest BCUT2D eigenvalue weighted by Gasteiger charge is 2.65. The number of aromatic nitrogens is 1. The van der Waals surface area contributed by atoms with Crippen LogP contribution in [-0.2, 0) is 41.7 Å². The molecular weight excluding hydrogens is 824 g/mol. The lowest BCUT2D eigenvalue weighted by Gasteiger charge is -2.38. The van der Waals surface area contributed by atoms with Gasteiger partial charge in [0.1, 0.15) is 33.7 Å². The minimum atomic E-state index is -4.95. The fraction of sp³-hybridized carbons (Fsp3) is 0.643. The van der Waals surface area contributed by atoms with Crippen LogP contribution in [0.1, 0.15) is 96.2 Å². The van der Waals surface area contributed by atoms with Crippen LogP contribution in [0.15, 0.2) is 30.4 Å². The second kappa shape index (κ2) is 15.9. The number of sulfonamides is 1. The predicted octanol–water partition coefficient (Wildman–Crippen LogP) is 5.34. The summed E-state index contributed by atoms with van der Waals surface area (Å²) in [5.41, 5.74) is -4.87. The van der Waals surface area contributed by atoms with E-state index in [-0.39, 0.29) is 75.7 Å². The maximum absolute atomic E-state index is 15.1. The molecular formula is C42H54F3N5O10S. The number of halogens is 3. The second-order valence-electron chi connectivity index (χ2n) is 18.5. The van der Waals surface area contributed by atoms with Gasteiger partial charge < -0.3 is 29.5 Å². The van der Waals surface area contributed by atoms with Crippen molar-refractivity contribution in [2.45, 2.75) is 126 Å². The molecule has 0 unspecified atom stereocenters. The van der Waals surface area contributed by atoms with Crippen molar-refractivity contribution in [1.29, 1.82) is 0 Å². The maximum atomic E-state index is 15.1. The summed E-state index contributed by atoms with van der Waals surface area (Å²) in [6, 6.07) is 1.78. The Balaban J connectivity index is 1.30. The number of aryl methyl sites for hydroxylation is 1. The van der Waals surface area contributed by atoms with Crippen molar-refractivity contribution < 1.29 is 60.1 Å². The molecule has 1 aromatic carbocycles. The molecule has 4 amide bonds. The van der Waals surface area contributed by atoms with Crippen LogP contribution >= 0.6 is 0 Å². The first kappa shape index (κ1) is 44.4. The summed E-state index contributed by atoms with van der Waals surface area (Å²) in [6.45, 7) is 4.91. The van der Waals surface area contributed by atoms with Gasteiger partial charge >= 0.3 is 12.3 Å². The number of alkyl halides is 3. The first-order valence-corrected chi connectivity index (χ1v) is 22.2. The molecule has 1 aromatic heterocycles. The summed E-state index contributed by atoms with van der Waals surface area (Å²) in [4.78, 5) is 63.1. The molecule has 61 heavy (non-hydrogen) atoms. The maximum Gasteiger partial charge on any atom is 0.437 e. The minimum Gasteiger partial charge on any atom is -0.497 e. The van der Waals surface area contributed by atoms with Crippen LogP contribution in [0.5, 0.6) is 11.5 Å². The Bertz CT molecular complexity index is 2240. The van der Waals surface area contributed by atoms with Crippen molar-refractivity contribution in [3.8, 4) is 11.5 Å². The van der Waals surface area contributed by atoms with E-state index in [2.05, 4.69) is 15.0 Å². The summed E-state index contributed by atoms with van der Waals surface area (Å²) in [6.07, 6.45) is 0.0978. The zero-order valence-corrected chi connectivity index (χ0v) is 35.8. The molecule has 3 N–H and O–H groups in total. The first-order chi connectivity index (χ1) is 28.6. The number of nitrogens with one attached hydrogen (secondary N) is 2. The number of carboxylic acid groups (broad SMARTS) is 1. The molecule has 0 bridgehead atoms. The lowest BCUT2D eigenvalue weighted by atomic mass is 9.87. The highest BCUT2D eigenvalue weighted by atomic mass is 32.2. The average molecular weight is 878 g/mol. The molecule has 5 atom stereocenters. The minimum absolute atomic E-state index is 0.0377. The quantitative estimate of drug-likeness (QED) is 0.290. The molecule has 334 valence electrons. The van der Waals surface area contributed by atoms with E-state index in [1.165, 1.54) is 31.3 Å². The van der Waals surface area contributed by atoms with Crippen LogP contribution in [0.4, 0.5) is 18.0 Å². The number of carbonyl (C=O) groups excluding carboxylic acids is 3. The van der Waals surface area contributed by atoms with Crippen molar-refractivity contribution in [2.75, 3.05) is 33.9 Å². The molecule has 3 fully saturated rings. The lowest BCUT2D eigenvalue weighted by molar-refractivity contribution is -0.145. The van der Waals surface area contributed by atoms with Gasteiger partial charge in [-0.3, -0.25) is 24.0 Å². The van der Waals surface area contributed by atoms with Crippen molar-refractivity contribution in [3.05, 3.63) is 41.6 Å². The summed E-state index contributed by atoms with van der Waals surface area (Å²) in [5, 5.41) is 13.7. The fourth-order valence-electron chi connectivity index (χ4n) is 9.22. The van der Waals surface area contributed by atoms with E-state index in [1.54, 1.807) is 12.1 Å². The zero-order valence-electron chi connectivity index (χ0n) is 35.0. The molecule has 19 heteroatoms. The largest absolute Gasteiger partial charge is 0.497 e. The van der Waals surface area contributed by atoms with Gasteiger partial charge in [0.25, 0.3) is 5.91 Å². The highest BCUT2D eigenvalue weighted by Crippen LogP contribution is 2.51. The van der Waals surface area contributed by atoms with Crippen molar-refractivity contribution >= 4 is 44.7 Å². The molecule has 2 saturated carbocycles. The number of fused-ring (bicyclic) bond motifs is 5. The van der Waals surface area contributed by atoms with Crippen LogP contribution in [0.3, 0.4) is 0 Å². The van der Waals surface area contributed by atoms with E-state index in [1.807, 2.05) is 26.8 Å². The van der Waals surface area contributed by atoms with E-state index < -0.39 is 90.8 Å². The number of allylic oxidation sites excluding steroid dienone is 1. The Kier molecular flexibility index (Phi) is 11.6.